The van der Waals surface area contributed by atoms with Crippen LogP contribution in [0.5, 0.6) is 11.5 Å². The van der Waals surface area contributed by atoms with Gasteiger partial charge >= 0.3 is 0 Å². The number of rotatable bonds is 7. The Bertz CT molecular complexity index is 1160. The van der Waals surface area contributed by atoms with Crippen molar-refractivity contribution in [3.8, 4) is 11.5 Å². The summed E-state index contributed by atoms with van der Waals surface area (Å²) in [5, 5.41) is 2.85. The average molecular weight is 439 g/mol. The van der Waals surface area contributed by atoms with E-state index in [-0.39, 0.29) is 0 Å². The zero-order valence-electron chi connectivity index (χ0n) is 18.0. The topological polar surface area (TPSA) is 75.7 Å². The Morgan fingerprint density at radius 1 is 0.935 bits per heavy atom. The number of carbonyl (C=O) groups excluding carboxylic acids is 1. The maximum Gasteiger partial charge on any atom is 0.248 e. The first kappa shape index (κ1) is 22.4. The standard InChI is InChI=1S/C24H26N2O4S/c1-17-10-11-18(2)23(16-17)25-24(27)19(3)26(31(4,28)29)20-12-14-22(15-13-20)30-21-8-6-5-7-9-21/h5-16,19H,1-4H3,(H,25,27)/t19-/m0/s1. The van der Waals surface area contributed by atoms with Crippen LogP contribution in [0.3, 0.4) is 0 Å². The lowest BCUT2D eigenvalue weighted by atomic mass is 10.1. The van der Waals surface area contributed by atoms with Gasteiger partial charge in [0.05, 0.1) is 11.9 Å². The maximum atomic E-state index is 12.9. The molecule has 1 amide bonds. The van der Waals surface area contributed by atoms with Crippen molar-refractivity contribution >= 4 is 27.3 Å². The van der Waals surface area contributed by atoms with E-state index in [4.69, 9.17) is 4.74 Å². The van der Waals surface area contributed by atoms with Crippen LogP contribution in [-0.2, 0) is 14.8 Å². The van der Waals surface area contributed by atoms with Gasteiger partial charge in [0, 0.05) is 5.69 Å². The number of aryl methyl sites for hydroxylation is 2. The van der Waals surface area contributed by atoms with Crippen LogP contribution in [0.25, 0.3) is 0 Å². The van der Waals surface area contributed by atoms with Gasteiger partial charge < -0.3 is 10.1 Å². The molecule has 0 spiro atoms. The number of anilines is 2. The lowest BCUT2D eigenvalue weighted by Crippen LogP contribution is -2.45. The quantitative estimate of drug-likeness (QED) is 0.570. The minimum atomic E-state index is -3.71. The normalized spacial score (nSPS) is 12.1. The van der Waals surface area contributed by atoms with Gasteiger partial charge in [0.25, 0.3) is 0 Å². The summed E-state index contributed by atoms with van der Waals surface area (Å²) in [6.45, 7) is 5.38. The molecule has 0 saturated carbocycles. The van der Waals surface area contributed by atoms with Crippen molar-refractivity contribution in [2.75, 3.05) is 15.9 Å². The lowest BCUT2D eigenvalue weighted by molar-refractivity contribution is -0.116. The molecule has 3 rings (SSSR count). The van der Waals surface area contributed by atoms with Crippen LogP contribution in [0.1, 0.15) is 18.1 Å². The van der Waals surface area contributed by atoms with Gasteiger partial charge in [-0.15, -0.1) is 0 Å². The first-order valence-corrected chi connectivity index (χ1v) is 11.7. The van der Waals surface area contributed by atoms with Crippen molar-refractivity contribution in [2.24, 2.45) is 0 Å². The molecule has 162 valence electrons. The summed E-state index contributed by atoms with van der Waals surface area (Å²) in [6.07, 6.45) is 1.09. The molecule has 0 radical (unpaired) electrons. The highest BCUT2D eigenvalue weighted by Gasteiger charge is 2.29. The first-order chi connectivity index (χ1) is 14.6. The smallest absolute Gasteiger partial charge is 0.248 e. The number of hydrogen-bond acceptors (Lipinski definition) is 4. The Balaban J connectivity index is 1.82. The summed E-state index contributed by atoms with van der Waals surface area (Å²) in [6, 6.07) is 20.7. The van der Waals surface area contributed by atoms with Crippen molar-refractivity contribution < 1.29 is 17.9 Å². The van der Waals surface area contributed by atoms with Crippen LogP contribution in [0.15, 0.2) is 72.8 Å². The van der Waals surface area contributed by atoms with Crippen LogP contribution >= 0.6 is 0 Å². The lowest BCUT2D eigenvalue weighted by Gasteiger charge is -2.28. The number of benzene rings is 3. The Kier molecular flexibility index (Phi) is 6.65. The molecule has 0 saturated heterocycles. The van der Waals surface area contributed by atoms with Crippen LogP contribution < -0.4 is 14.4 Å². The molecule has 0 aromatic heterocycles. The zero-order chi connectivity index (χ0) is 22.6. The monoisotopic (exact) mass is 438 g/mol. The summed E-state index contributed by atoms with van der Waals surface area (Å²) in [4.78, 5) is 12.9. The van der Waals surface area contributed by atoms with E-state index >= 15 is 0 Å². The van der Waals surface area contributed by atoms with Crippen LogP contribution in [0.4, 0.5) is 11.4 Å². The summed E-state index contributed by atoms with van der Waals surface area (Å²) < 4.78 is 32.0. The van der Waals surface area contributed by atoms with Gasteiger partial charge in [0.15, 0.2) is 0 Å². The van der Waals surface area contributed by atoms with E-state index < -0.39 is 22.0 Å². The van der Waals surface area contributed by atoms with Crippen molar-refractivity contribution in [2.45, 2.75) is 26.8 Å². The maximum absolute atomic E-state index is 12.9. The highest BCUT2D eigenvalue weighted by molar-refractivity contribution is 7.92. The molecule has 7 heteroatoms. The van der Waals surface area contributed by atoms with E-state index in [1.165, 1.54) is 0 Å². The number of nitrogens with one attached hydrogen (secondary N) is 1. The molecule has 0 unspecified atom stereocenters. The van der Waals surface area contributed by atoms with E-state index in [0.717, 1.165) is 21.7 Å². The van der Waals surface area contributed by atoms with Crippen LogP contribution in [-0.4, -0.2) is 26.6 Å². The zero-order valence-corrected chi connectivity index (χ0v) is 18.8. The van der Waals surface area contributed by atoms with Crippen molar-refractivity contribution in [1.82, 2.24) is 0 Å². The molecular formula is C24H26N2O4S. The minimum Gasteiger partial charge on any atom is -0.457 e. The van der Waals surface area contributed by atoms with E-state index in [0.29, 0.717) is 22.9 Å². The van der Waals surface area contributed by atoms with Crippen molar-refractivity contribution in [3.05, 3.63) is 83.9 Å². The summed E-state index contributed by atoms with van der Waals surface area (Å²) in [5.74, 6) is 0.830. The van der Waals surface area contributed by atoms with Crippen LogP contribution in [0, 0.1) is 13.8 Å². The molecule has 31 heavy (non-hydrogen) atoms. The first-order valence-electron chi connectivity index (χ1n) is 9.85. The SMILES string of the molecule is Cc1ccc(C)c(NC(=O)[C@H](C)N(c2ccc(Oc3ccccc3)cc2)S(C)(=O)=O)c1. The van der Waals surface area contributed by atoms with E-state index in [9.17, 15) is 13.2 Å². The number of amides is 1. The molecule has 3 aromatic rings. The van der Waals surface area contributed by atoms with Gasteiger partial charge in [-0.3, -0.25) is 9.10 Å². The van der Waals surface area contributed by atoms with Gasteiger partial charge in [-0.1, -0.05) is 30.3 Å². The molecule has 3 aromatic carbocycles. The van der Waals surface area contributed by atoms with Crippen molar-refractivity contribution in [1.29, 1.82) is 0 Å². The fraction of sp³-hybridized carbons (Fsp3) is 0.208. The summed E-state index contributed by atoms with van der Waals surface area (Å²) in [5.41, 5.74) is 2.95. The largest absolute Gasteiger partial charge is 0.457 e. The third-order valence-electron chi connectivity index (χ3n) is 4.81. The Hall–Kier alpha value is -3.32. The third kappa shape index (κ3) is 5.64. The Labute approximate surface area is 183 Å². The van der Waals surface area contributed by atoms with Crippen LogP contribution in [0.2, 0.25) is 0 Å². The Morgan fingerprint density at radius 2 is 1.55 bits per heavy atom. The molecule has 0 aliphatic rings. The fourth-order valence-corrected chi connectivity index (χ4v) is 4.38. The third-order valence-corrected chi connectivity index (χ3v) is 6.05. The second-order valence-electron chi connectivity index (χ2n) is 7.45. The number of sulfonamides is 1. The van der Waals surface area contributed by atoms with E-state index in [2.05, 4.69) is 5.32 Å². The predicted octanol–water partition coefficient (Wildman–Crippen LogP) is 4.89. The molecule has 0 aliphatic carbocycles. The molecule has 1 N–H and O–H groups in total. The molecule has 0 bridgehead atoms. The van der Waals surface area contributed by atoms with Gasteiger partial charge in [-0.2, -0.15) is 0 Å². The highest BCUT2D eigenvalue weighted by atomic mass is 32.2. The predicted molar refractivity (Wildman–Crippen MR) is 124 cm³/mol. The molecular weight excluding hydrogens is 412 g/mol. The number of ether oxygens (including phenoxy) is 1. The molecule has 1 atom stereocenters. The van der Waals surface area contributed by atoms with Crippen molar-refractivity contribution in [3.63, 3.8) is 0 Å². The second-order valence-corrected chi connectivity index (χ2v) is 9.31. The number of hydrogen-bond donors (Lipinski definition) is 1. The average Bonchev–Trinajstić information content (AvgIpc) is 2.72. The fourth-order valence-electron chi connectivity index (χ4n) is 3.20. The van der Waals surface area contributed by atoms with Gasteiger partial charge in [-0.05, 0) is 74.4 Å². The van der Waals surface area contributed by atoms with E-state index in [1.807, 2.05) is 62.4 Å². The molecule has 0 aliphatic heterocycles. The number of carbonyl (C=O) groups is 1. The van der Waals surface area contributed by atoms with Gasteiger partial charge in [0.1, 0.15) is 17.5 Å². The Morgan fingerprint density at radius 3 is 2.16 bits per heavy atom. The minimum absolute atomic E-state index is 0.381. The number of para-hydroxylation sites is 1. The summed E-state index contributed by atoms with van der Waals surface area (Å²) >= 11 is 0. The molecule has 6 nitrogen and oxygen atoms in total. The second kappa shape index (κ2) is 9.22. The van der Waals surface area contributed by atoms with E-state index in [1.54, 1.807) is 31.2 Å². The highest BCUT2D eigenvalue weighted by Crippen LogP contribution is 2.27. The molecule has 0 fully saturated rings. The number of nitrogens with zero attached hydrogens (tertiary/aromatic N) is 1. The van der Waals surface area contributed by atoms with Gasteiger partial charge in [0.2, 0.25) is 15.9 Å². The van der Waals surface area contributed by atoms with Gasteiger partial charge in [-0.25, -0.2) is 8.42 Å². The summed E-state index contributed by atoms with van der Waals surface area (Å²) in [7, 11) is -3.71. The molecule has 0 heterocycles.